The maximum Gasteiger partial charge on any atom is 0.241 e. The molecule has 0 N–H and O–H groups in total. The van der Waals surface area contributed by atoms with E-state index < -0.39 is 12.0 Å². The lowest BCUT2D eigenvalue weighted by Gasteiger charge is -2.38. The summed E-state index contributed by atoms with van der Waals surface area (Å²) in [6.07, 6.45) is -3.08. The minimum Gasteiger partial charge on any atom is -0.491 e. The lowest BCUT2D eigenvalue weighted by atomic mass is 10.0. The molecule has 1 aliphatic heterocycles. The topological polar surface area (TPSA) is 27.7 Å². The standard InChI is InChI=1S/C14H17BrF2O3/c1-14(6-13(16)17)9-18-7-12(20-14)8-19-11-4-2-10(15)3-5-11/h2-5,12-13H,6-9H2,1H3/t12?,14-/m0/s1. The van der Waals surface area contributed by atoms with Crippen molar-refractivity contribution in [3.63, 3.8) is 0 Å². The second kappa shape index (κ2) is 6.83. The van der Waals surface area contributed by atoms with Crippen molar-refractivity contribution in [2.24, 2.45) is 0 Å². The Balaban J connectivity index is 1.85. The summed E-state index contributed by atoms with van der Waals surface area (Å²) in [5, 5.41) is 0. The van der Waals surface area contributed by atoms with Gasteiger partial charge in [0.05, 0.1) is 18.8 Å². The van der Waals surface area contributed by atoms with Crippen LogP contribution in [0.3, 0.4) is 0 Å². The highest BCUT2D eigenvalue weighted by Gasteiger charge is 2.36. The first-order chi connectivity index (χ1) is 9.47. The van der Waals surface area contributed by atoms with Gasteiger partial charge in [0, 0.05) is 10.9 Å². The molecule has 0 spiro atoms. The van der Waals surface area contributed by atoms with Gasteiger partial charge in [-0.1, -0.05) is 15.9 Å². The van der Waals surface area contributed by atoms with Gasteiger partial charge in [0.1, 0.15) is 18.5 Å². The molecule has 0 aliphatic carbocycles. The highest BCUT2D eigenvalue weighted by atomic mass is 79.9. The molecular weight excluding hydrogens is 334 g/mol. The van der Waals surface area contributed by atoms with Gasteiger partial charge >= 0.3 is 0 Å². The Morgan fingerprint density at radius 2 is 2.10 bits per heavy atom. The number of halogens is 3. The summed E-state index contributed by atoms with van der Waals surface area (Å²) in [5.74, 6) is 0.706. The quantitative estimate of drug-likeness (QED) is 0.811. The van der Waals surface area contributed by atoms with E-state index in [-0.39, 0.29) is 25.7 Å². The van der Waals surface area contributed by atoms with Crippen LogP contribution >= 0.6 is 15.9 Å². The van der Waals surface area contributed by atoms with Crippen LogP contribution in [-0.2, 0) is 9.47 Å². The van der Waals surface area contributed by atoms with Crippen LogP contribution in [0.15, 0.2) is 28.7 Å². The third kappa shape index (κ3) is 4.68. The molecule has 1 aromatic rings. The Kier molecular flexibility index (Phi) is 5.35. The van der Waals surface area contributed by atoms with Gasteiger partial charge in [0.2, 0.25) is 6.43 Å². The van der Waals surface area contributed by atoms with Crippen molar-refractivity contribution in [1.82, 2.24) is 0 Å². The van der Waals surface area contributed by atoms with E-state index in [1.165, 1.54) is 0 Å². The molecule has 20 heavy (non-hydrogen) atoms. The van der Waals surface area contributed by atoms with Gasteiger partial charge in [-0.3, -0.25) is 0 Å². The molecule has 1 heterocycles. The fourth-order valence-electron chi connectivity index (χ4n) is 2.11. The van der Waals surface area contributed by atoms with E-state index in [1.54, 1.807) is 6.92 Å². The summed E-state index contributed by atoms with van der Waals surface area (Å²) < 4.78 is 42.6. The molecule has 0 radical (unpaired) electrons. The molecule has 0 aromatic heterocycles. The summed E-state index contributed by atoms with van der Waals surface area (Å²) >= 11 is 3.34. The van der Waals surface area contributed by atoms with Gasteiger partial charge in [0.15, 0.2) is 0 Å². The van der Waals surface area contributed by atoms with Crippen molar-refractivity contribution >= 4 is 15.9 Å². The molecule has 112 valence electrons. The van der Waals surface area contributed by atoms with Crippen LogP contribution in [0.25, 0.3) is 0 Å². The van der Waals surface area contributed by atoms with Crippen LogP contribution in [0.1, 0.15) is 13.3 Å². The Bertz CT molecular complexity index is 427. The Morgan fingerprint density at radius 1 is 1.40 bits per heavy atom. The molecule has 2 atom stereocenters. The van der Waals surface area contributed by atoms with E-state index in [2.05, 4.69) is 15.9 Å². The Hall–Kier alpha value is -0.720. The predicted octanol–water partition coefficient (Wildman–Crippen LogP) is 3.66. The van der Waals surface area contributed by atoms with Crippen LogP contribution in [0.5, 0.6) is 5.75 Å². The lowest BCUT2D eigenvalue weighted by Crippen LogP contribution is -2.48. The first-order valence-corrected chi connectivity index (χ1v) is 7.18. The maximum absolute atomic E-state index is 12.5. The van der Waals surface area contributed by atoms with Crippen molar-refractivity contribution in [3.05, 3.63) is 28.7 Å². The van der Waals surface area contributed by atoms with E-state index in [0.717, 1.165) is 4.47 Å². The highest BCUT2D eigenvalue weighted by Crippen LogP contribution is 2.26. The molecule has 1 aliphatic rings. The predicted molar refractivity (Wildman–Crippen MR) is 74.4 cm³/mol. The van der Waals surface area contributed by atoms with Gasteiger partial charge in [0.25, 0.3) is 0 Å². The number of rotatable bonds is 5. The van der Waals surface area contributed by atoms with E-state index in [4.69, 9.17) is 14.2 Å². The Labute approximate surface area is 125 Å². The summed E-state index contributed by atoms with van der Waals surface area (Å²) in [7, 11) is 0. The van der Waals surface area contributed by atoms with Gasteiger partial charge < -0.3 is 14.2 Å². The zero-order valence-corrected chi connectivity index (χ0v) is 12.7. The van der Waals surface area contributed by atoms with Crippen LogP contribution in [-0.4, -0.2) is 38.0 Å². The van der Waals surface area contributed by atoms with Crippen LogP contribution in [0.2, 0.25) is 0 Å². The molecule has 0 saturated carbocycles. The van der Waals surface area contributed by atoms with Crippen molar-refractivity contribution in [3.8, 4) is 5.75 Å². The monoisotopic (exact) mass is 350 g/mol. The minimum absolute atomic E-state index is 0.187. The minimum atomic E-state index is -2.41. The van der Waals surface area contributed by atoms with Crippen LogP contribution in [0, 0.1) is 0 Å². The fraction of sp³-hybridized carbons (Fsp3) is 0.571. The summed E-state index contributed by atoms with van der Waals surface area (Å²) in [6.45, 7) is 2.47. The second-order valence-electron chi connectivity index (χ2n) is 5.07. The number of benzene rings is 1. The molecule has 1 saturated heterocycles. The molecule has 1 aromatic carbocycles. The molecule has 3 nitrogen and oxygen atoms in total. The smallest absolute Gasteiger partial charge is 0.241 e. The van der Waals surface area contributed by atoms with E-state index in [1.807, 2.05) is 24.3 Å². The molecule has 2 rings (SSSR count). The summed E-state index contributed by atoms with van der Waals surface area (Å²) in [6, 6.07) is 7.39. The molecular formula is C14H17BrF2O3. The number of hydrogen-bond acceptors (Lipinski definition) is 3. The van der Waals surface area contributed by atoms with Crippen LogP contribution in [0.4, 0.5) is 8.78 Å². The highest BCUT2D eigenvalue weighted by molar-refractivity contribution is 9.10. The molecule has 0 bridgehead atoms. The number of alkyl halides is 2. The molecule has 1 fully saturated rings. The third-order valence-corrected chi connectivity index (χ3v) is 3.53. The van der Waals surface area contributed by atoms with E-state index in [9.17, 15) is 8.78 Å². The summed E-state index contributed by atoms with van der Waals surface area (Å²) in [5.41, 5.74) is -0.944. The first kappa shape index (κ1) is 15.7. The van der Waals surface area contributed by atoms with E-state index in [0.29, 0.717) is 12.4 Å². The van der Waals surface area contributed by atoms with Gasteiger partial charge in [-0.15, -0.1) is 0 Å². The SMILES string of the molecule is C[C@]1(CC(F)F)COCC(COc2ccc(Br)cc2)O1. The van der Waals surface area contributed by atoms with Gasteiger partial charge in [-0.05, 0) is 31.2 Å². The zero-order valence-electron chi connectivity index (χ0n) is 11.2. The van der Waals surface area contributed by atoms with Crippen molar-refractivity contribution in [2.45, 2.75) is 31.5 Å². The molecule has 1 unspecified atom stereocenters. The van der Waals surface area contributed by atoms with Crippen molar-refractivity contribution in [1.29, 1.82) is 0 Å². The number of hydrogen-bond donors (Lipinski definition) is 0. The fourth-order valence-corrected chi connectivity index (χ4v) is 2.38. The number of ether oxygens (including phenoxy) is 3. The average molecular weight is 351 g/mol. The Morgan fingerprint density at radius 3 is 2.75 bits per heavy atom. The summed E-state index contributed by atoms with van der Waals surface area (Å²) in [4.78, 5) is 0. The largest absolute Gasteiger partial charge is 0.491 e. The zero-order chi connectivity index (χ0) is 14.6. The third-order valence-electron chi connectivity index (χ3n) is 3.00. The lowest BCUT2D eigenvalue weighted by molar-refractivity contribution is -0.209. The maximum atomic E-state index is 12.5. The van der Waals surface area contributed by atoms with Crippen LogP contribution < -0.4 is 4.74 Å². The first-order valence-electron chi connectivity index (χ1n) is 6.39. The average Bonchev–Trinajstić information content (AvgIpc) is 2.37. The second-order valence-corrected chi connectivity index (χ2v) is 5.98. The molecule has 0 amide bonds. The van der Waals surface area contributed by atoms with Gasteiger partial charge in [-0.25, -0.2) is 8.78 Å². The normalized spacial score (nSPS) is 26.8. The van der Waals surface area contributed by atoms with E-state index >= 15 is 0 Å². The molecule has 6 heteroatoms. The van der Waals surface area contributed by atoms with Crippen molar-refractivity contribution in [2.75, 3.05) is 19.8 Å². The van der Waals surface area contributed by atoms with Crippen molar-refractivity contribution < 1.29 is 23.0 Å². The van der Waals surface area contributed by atoms with Gasteiger partial charge in [-0.2, -0.15) is 0 Å².